The van der Waals surface area contributed by atoms with Gasteiger partial charge in [-0.3, -0.25) is 0 Å². The molecule has 0 aromatic rings. The molecule has 1 saturated carbocycles. The lowest BCUT2D eigenvalue weighted by Gasteiger charge is -2.45. The molecule has 1 aliphatic carbocycles. The Bertz CT molecular complexity index is 925. The van der Waals surface area contributed by atoms with Crippen molar-refractivity contribution in [1.82, 2.24) is 0 Å². The average molecular weight is 509 g/mol. The van der Waals surface area contributed by atoms with Gasteiger partial charge in [0.15, 0.2) is 24.4 Å². The van der Waals surface area contributed by atoms with E-state index in [1.165, 1.54) is 52.0 Å². The number of aliphatic hydroxyl groups is 2. The normalized spacial score (nSPS) is 27.7. The highest BCUT2D eigenvalue weighted by molar-refractivity contribution is 5.90. The number of allylic oxidation sites excluding steroid dienone is 4. The van der Waals surface area contributed by atoms with Gasteiger partial charge < -0.3 is 29.2 Å². The fraction of sp³-hybridized carbons (Fsp3) is 0.538. The summed E-state index contributed by atoms with van der Waals surface area (Å²) in [6.45, 7) is 12.3. The number of carbonyl (C=O) groups excluding carboxylic acids is 4. The molecule has 0 spiro atoms. The zero-order chi connectivity index (χ0) is 27.7. The summed E-state index contributed by atoms with van der Waals surface area (Å²) in [6.07, 6.45) is -4.41. The number of rotatable bonds is 8. The largest absolute Gasteiger partial charge is 0.453 e. The van der Waals surface area contributed by atoms with Crippen LogP contribution in [-0.4, -0.2) is 70.7 Å². The summed E-state index contributed by atoms with van der Waals surface area (Å²) in [5, 5.41) is 22.2. The molecule has 2 unspecified atom stereocenters. The van der Waals surface area contributed by atoms with E-state index in [-0.39, 0.29) is 22.3 Å². The predicted molar refractivity (Wildman–Crippen MR) is 129 cm³/mol. The van der Waals surface area contributed by atoms with Crippen molar-refractivity contribution in [2.75, 3.05) is 0 Å². The van der Waals surface area contributed by atoms with Crippen molar-refractivity contribution in [3.63, 3.8) is 0 Å². The molecule has 10 nitrogen and oxygen atoms in total. The third kappa shape index (κ3) is 7.38. The molecular formula is C26H36O10. The van der Waals surface area contributed by atoms with Crippen molar-refractivity contribution in [2.24, 2.45) is 0 Å². The van der Waals surface area contributed by atoms with Crippen LogP contribution in [-0.2, 0) is 38.1 Å². The number of hydrogen-bond donors (Lipinski definition) is 2. The SMILES string of the molecule is CC=C(C)C(=O)OC1[C@H](O)[C@@H](OC(=O)C(C)=CC)C(OC(=O)C(C)=CC)[C@H](OC(=O)/C(C)=C\C)[C@H]1O. The third-order valence-corrected chi connectivity index (χ3v) is 5.99. The van der Waals surface area contributed by atoms with E-state index in [2.05, 4.69) is 0 Å². The maximum absolute atomic E-state index is 12.6. The van der Waals surface area contributed by atoms with Gasteiger partial charge in [0, 0.05) is 22.3 Å². The topological polar surface area (TPSA) is 146 Å². The average Bonchev–Trinajstić information content (AvgIpc) is 2.87. The Hall–Kier alpha value is -3.24. The molecule has 0 saturated heterocycles. The van der Waals surface area contributed by atoms with E-state index in [9.17, 15) is 29.4 Å². The van der Waals surface area contributed by atoms with Crippen LogP contribution in [0.2, 0.25) is 0 Å². The number of ether oxygens (including phenoxy) is 4. The first kappa shape index (κ1) is 30.8. The van der Waals surface area contributed by atoms with Gasteiger partial charge >= 0.3 is 23.9 Å². The van der Waals surface area contributed by atoms with Crippen molar-refractivity contribution in [3.8, 4) is 0 Å². The van der Waals surface area contributed by atoms with Gasteiger partial charge in [0.2, 0.25) is 0 Å². The number of esters is 4. The Labute approximate surface area is 211 Å². The van der Waals surface area contributed by atoms with Crippen molar-refractivity contribution in [3.05, 3.63) is 46.6 Å². The van der Waals surface area contributed by atoms with Crippen LogP contribution in [0.1, 0.15) is 55.4 Å². The van der Waals surface area contributed by atoms with Gasteiger partial charge in [-0.2, -0.15) is 0 Å². The first-order valence-electron chi connectivity index (χ1n) is 11.6. The van der Waals surface area contributed by atoms with Gasteiger partial charge in [0.05, 0.1) is 0 Å². The van der Waals surface area contributed by atoms with Crippen LogP contribution in [0.15, 0.2) is 46.6 Å². The lowest BCUT2D eigenvalue weighted by molar-refractivity contribution is -0.249. The van der Waals surface area contributed by atoms with Crippen molar-refractivity contribution in [2.45, 2.75) is 92.0 Å². The van der Waals surface area contributed by atoms with Gasteiger partial charge in [0.25, 0.3) is 0 Å². The van der Waals surface area contributed by atoms with Crippen LogP contribution in [0.25, 0.3) is 0 Å². The highest BCUT2D eigenvalue weighted by Gasteiger charge is 2.57. The fourth-order valence-electron chi connectivity index (χ4n) is 3.04. The molecule has 0 amide bonds. The molecule has 10 heteroatoms. The second kappa shape index (κ2) is 13.7. The maximum Gasteiger partial charge on any atom is 0.333 e. The van der Waals surface area contributed by atoms with E-state index in [0.29, 0.717) is 0 Å². The molecule has 1 rings (SSSR count). The summed E-state index contributed by atoms with van der Waals surface area (Å²) in [5.74, 6) is -3.42. The quantitative estimate of drug-likeness (QED) is 0.284. The van der Waals surface area contributed by atoms with Gasteiger partial charge in [-0.25, -0.2) is 19.2 Å². The van der Waals surface area contributed by atoms with E-state index >= 15 is 0 Å². The van der Waals surface area contributed by atoms with Gasteiger partial charge in [-0.1, -0.05) is 24.3 Å². The standard InChI is InChI=1S/C26H36O10/c1-9-13(5)23(29)33-19-17(27)20(34-24(30)14(6)10-2)22(36-26(32)16(8)12-4)21(18(19)28)35-25(31)15(7)11-3/h9-12,17-22,27-28H,1-8H3/b13-9?,14-10-,15-11?,16-12?/t17-,18-,19?,20+,21+,22?/m0/s1. The molecule has 200 valence electrons. The Kier molecular flexibility index (Phi) is 11.8. The molecule has 0 radical (unpaired) electrons. The Morgan fingerprint density at radius 1 is 0.472 bits per heavy atom. The summed E-state index contributed by atoms with van der Waals surface area (Å²) in [7, 11) is 0. The minimum Gasteiger partial charge on any atom is -0.453 e. The van der Waals surface area contributed by atoms with Crippen molar-refractivity contribution < 1.29 is 48.3 Å². The molecule has 1 aliphatic rings. The minimum absolute atomic E-state index is 0.180. The number of hydrogen-bond acceptors (Lipinski definition) is 10. The van der Waals surface area contributed by atoms with E-state index in [1.54, 1.807) is 27.7 Å². The van der Waals surface area contributed by atoms with Crippen LogP contribution in [0.3, 0.4) is 0 Å². The highest BCUT2D eigenvalue weighted by Crippen LogP contribution is 2.32. The second-order valence-corrected chi connectivity index (χ2v) is 8.35. The van der Waals surface area contributed by atoms with Crippen LogP contribution >= 0.6 is 0 Å². The highest BCUT2D eigenvalue weighted by atomic mass is 16.6. The molecule has 2 N–H and O–H groups in total. The summed E-state index contributed by atoms with van der Waals surface area (Å²) in [4.78, 5) is 50.3. The minimum atomic E-state index is -1.83. The zero-order valence-corrected chi connectivity index (χ0v) is 21.9. The van der Waals surface area contributed by atoms with Crippen molar-refractivity contribution in [1.29, 1.82) is 0 Å². The molecule has 6 atom stereocenters. The van der Waals surface area contributed by atoms with Crippen molar-refractivity contribution >= 4 is 23.9 Å². The van der Waals surface area contributed by atoms with Crippen LogP contribution in [0.4, 0.5) is 0 Å². The Morgan fingerprint density at radius 3 is 0.944 bits per heavy atom. The lowest BCUT2D eigenvalue weighted by atomic mass is 9.84. The summed E-state index contributed by atoms with van der Waals surface area (Å²) >= 11 is 0. The molecule has 36 heavy (non-hydrogen) atoms. The van der Waals surface area contributed by atoms with E-state index in [0.717, 1.165) is 0 Å². The van der Waals surface area contributed by atoms with Gasteiger partial charge in [-0.05, 0) is 55.4 Å². The van der Waals surface area contributed by atoms with Crippen LogP contribution in [0, 0.1) is 0 Å². The summed E-state index contributed by atoms with van der Waals surface area (Å²) in [5.41, 5.74) is 0.725. The van der Waals surface area contributed by atoms with Gasteiger partial charge in [-0.15, -0.1) is 0 Å². The Balaban J connectivity index is 3.63. The summed E-state index contributed by atoms with van der Waals surface area (Å²) in [6, 6.07) is 0. The van der Waals surface area contributed by atoms with Gasteiger partial charge in [0.1, 0.15) is 12.2 Å². The third-order valence-electron chi connectivity index (χ3n) is 5.99. The van der Waals surface area contributed by atoms with E-state index < -0.39 is 60.5 Å². The number of carbonyl (C=O) groups is 4. The fourth-order valence-corrected chi connectivity index (χ4v) is 3.04. The second-order valence-electron chi connectivity index (χ2n) is 8.35. The van der Waals surface area contributed by atoms with Crippen LogP contribution < -0.4 is 0 Å². The predicted octanol–water partition coefficient (Wildman–Crippen LogP) is 2.23. The molecular weight excluding hydrogens is 472 g/mol. The first-order valence-corrected chi connectivity index (χ1v) is 11.6. The Morgan fingerprint density at radius 2 is 0.694 bits per heavy atom. The number of aliphatic hydroxyl groups excluding tert-OH is 2. The van der Waals surface area contributed by atoms with E-state index in [4.69, 9.17) is 18.9 Å². The summed E-state index contributed by atoms with van der Waals surface area (Å²) < 4.78 is 21.7. The smallest absolute Gasteiger partial charge is 0.333 e. The molecule has 0 aliphatic heterocycles. The molecule has 1 fully saturated rings. The monoisotopic (exact) mass is 508 g/mol. The lowest BCUT2D eigenvalue weighted by Crippen LogP contribution is -2.67. The molecule has 0 aromatic heterocycles. The first-order chi connectivity index (χ1) is 16.8. The molecule has 0 bridgehead atoms. The zero-order valence-electron chi connectivity index (χ0n) is 21.9. The van der Waals surface area contributed by atoms with Crippen LogP contribution in [0.5, 0.6) is 0 Å². The van der Waals surface area contributed by atoms with E-state index in [1.807, 2.05) is 0 Å². The maximum atomic E-state index is 12.6. The molecule has 0 aromatic carbocycles. The molecule has 0 heterocycles.